The van der Waals surface area contributed by atoms with E-state index in [-0.39, 0.29) is 4.90 Å². The molecule has 1 fully saturated rings. The molecular weight excluding hydrogens is 400 g/mol. The van der Waals surface area contributed by atoms with E-state index in [1.54, 1.807) is 37.3 Å². The predicted octanol–water partition coefficient (Wildman–Crippen LogP) is 4.08. The molecule has 0 bridgehead atoms. The summed E-state index contributed by atoms with van der Waals surface area (Å²) in [5.41, 5.74) is 1.50. The number of nitrogens with zero attached hydrogens (tertiary/aromatic N) is 1. The maximum atomic E-state index is 12.9. The first kappa shape index (κ1) is 20.6. The summed E-state index contributed by atoms with van der Waals surface area (Å²) in [6.07, 6.45) is 2.76. The van der Waals surface area contributed by atoms with Gasteiger partial charge in [0, 0.05) is 24.3 Å². The van der Waals surface area contributed by atoms with E-state index in [1.165, 1.54) is 17.5 Å². The lowest BCUT2D eigenvalue weighted by molar-refractivity contribution is 0.102. The van der Waals surface area contributed by atoms with Crippen LogP contribution in [0.3, 0.4) is 0 Å². The second-order valence-corrected chi connectivity index (χ2v) is 9.09. The number of sulfonamides is 1. The molecule has 2 aromatic rings. The molecule has 0 radical (unpaired) electrons. The van der Waals surface area contributed by atoms with Crippen molar-refractivity contribution in [3.05, 3.63) is 52.5 Å². The number of halogens is 1. The smallest absolute Gasteiger partial charge is 0.255 e. The zero-order chi connectivity index (χ0) is 20.3. The number of benzene rings is 2. The highest BCUT2D eigenvalue weighted by Gasteiger charge is 2.27. The first-order valence-electron chi connectivity index (χ1n) is 9.08. The van der Waals surface area contributed by atoms with Crippen molar-refractivity contribution in [2.24, 2.45) is 0 Å². The SMILES string of the molecule is COc1ccc(NC(=O)c2cc(S(=O)(=O)N3CCCCC3)ccc2C)cc1Cl. The first-order valence-corrected chi connectivity index (χ1v) is 10.9. The molecule has 1 heterocycles. The number of hydrogen-bond acceptors (Lipinski definition) is 4. The van der Waals surface area contributed by atoms with Crippen molar-refractivity contribution in [2.75, 3.05) is 25.5 Å². The zero-order valence-electron chi connectivity index (χ0n) is 15.9. The molecule has 1 aliphatic rings. The van der Waals surface area contributed by atoms with Crippen LogP contribution in [-0.4, -0.2) is 38.8 Å². The minimum absolute atomic E-state index is 0.137. The van der Waals surface area contributed by atoms with Gasteiger partial charge in [-0.25, -0.2) is 8.42 Å². The number of aryl methyl sites for hydroxylation is 1. The van der Waals surface area contributed by atoms with Crippen LogP contribution in [0.15, 0.2) is 41.3 Å². The Bertz CT molecular complexity index is 986. The van der Waals surface area contributed by atoms with E-state index in [4.69, 9.17) is 16.3 Å². The molecule has 8 heteroatoms. The summed E-state index contributed by atoms with van der Waals surface area (Å²) in [6, 6.07) is 9.57. The summed E-state index contributed by atoms with van der Waals surface area (Å²) in [7, 11) is -2.10. The van der Waals surface area contributed by atoms with Gasteiger partial charge < -0.3 is 10.1 Å². The van der Waals surface area contributed by atoms with Crippen LogP contribution < -0.4 is 10.1 Å². The maximum Gasteiger partial charge on any atom is 0.255 e. The Kier molecular flexibility index (Phi) is 6.27. The van der Waals surface area contributed by atoms with Crippen molar-refractivity contribution in [3.8, 4) is 5.75 Å². The van der Waals surface area contributed by atoms with Crippen molar-refractivity contribution in [1.82, 2.24) is 4.31 Å². The molecule has 1 saturated heterocycles. The lowest BCUT2D eigenvalue weighted by Gasteiger charge is -2.26. The Morgan fingerprint density at radius 3 is 2.46 bits per heavy atom. The van der Waals surface area contributed by atoms with Crippen LogP contribution in [0.25, 0.3) is 0 Å². The fraction of sp³-hybridized carbons (Fsp3) is 0.350. The van der Waals surface area contributed by atoms with E-state index >= 15 is 0 Å². The van der Waals surface area contributed by atoms with E-state index in [1.807, 2.05) is 0 Å². The quantitative estimate of drug-likeness (QED) is 0.787. The lowest BCUT2D eigenvalue weighted by atomic mass is 10.1. The minimum Gasteiger partial charge on any atom is -0.495 e. The van der Waals surface area contributed by atoms with Crippen molar-refractivity contribution in [1.29, 1.82) is 0 Å². The zero-order valence-corrected chi connectivity index (χ0v) is 17.4. The number of nitrogens with one attached hydrogen (secondary N) is 1. The molecule has 0 saturated carbocycles. The number of rotatable bonds is 5. The number of ether oxygens (including phenoxy) is 1. The standard InChI is InChI=1S/C20H23ClN2O4S/c1-14-6-8-16(28(25,26)23-10-4-3-5-11-23)13-17(14)20(24)22-15-7-9-19(27-2)18(21)12-15/h6-9,12-13H,3-5,10-11H2,1-2H3,(H,22,24). The van der Waals surface area contributed by atoms with Gasteiger partial charge in [-0.15, -0.1) is 0 Å². The van der Waals surface area contributed by atoms with Gasteiger partial charge in [0.2, 0.25) is 10.0 Å². The largest absolute Gasteiger partial charge is 0.495 e. The summed E-state index contributed by atoms with van der Waals surface area (Å²) in [4.78, 5) is 12.9. The Balaban J connectivity index is 1.86. The topological polar surface area (TPSA) is 75.7 Å². The van der Waals surface area contributed by atoms with Crippen LogP contribution in [-0.2, 0) is 10.0 Å². The molecule has 150 valence electrons. The molecule has 0 spiro atoms. The highest BCUT2D eigenvalue weighted by molar-refractivity contribution is 7.89. The molecular formula is C20H23ClN2O4S. The van der Waals surface area contributed by atoms with Crippen molar-refractivity contribution < 1.29 is 17.9 Å². The Morgan fingerprint density at radius 2 is 1.82 bits per heavy atom. The second-order valence-electron chi connectivity index (χ2n) is 6.74. The van der Waals surface area contributed by atoms with Gasteiger partial charge in [-0.3, -0.25) is 4.79 Å². The normalized spacial score (nSPS) is 15.2. The van der Waals surface area contributed by atoms with Crippen LogP contribution in [0, 0.1) is 6.92 Å². The number of hydrogen-bond donors (Lipinski definition) is 1. The van der Waals surface area contributed by atoms with Gasteiger partial charge in [-0.2, -0.15) is 4.31 Å². The maximum absolute atomic E-state index is 12.9. The summed E-state index contributed by atoms with van der Waals surface area (Å²) in [5, 5.41) is 3.14. The molecule has 1 aliphatic heterocycles. The van der Waals surface area contributed by atoms with E-state index < -0.39 is 15.9 Å². The second kappa shape index (κ2) is 8.51. The Morgan fingerprint density at radius 1 is 1.11 bits per heavy atom. The van der Waals surface area contributed by atoms with Gasteiger partial charge in [0.05, 0.1) is 17.0 Å². The van der Waals surface area contributed by atoms with Crippen LogP contribution in [0.5, 0.6) is 5.75 Å². The molecule has 1 amide bonds. The monoisotopic (exact) mass is 422 g/mol. The third-order valence-corrected chi connectivity index (χ3v) is 7.01. The molecule has 0 aliphatic carbocycles. The molecule has 3 rings (SSSR count). The number of amides is 1. The van der Waals surface area contributed by atoms with E-state index in [0.717, 1.165) is 19.3 Å². The van der Waals surface area contributed by atoms with Gasteiger partial charge in [-0.1, -0.05) is 24.1 Å². The molecule has 2 aromatic carbocycles. The van der Waals surface area contributed by atoms with Crippen molar-refractivity contribution in [3.63, 3.8) is 0 Å². The van der Waals surface area contributed by atoms with Crippen LogP contribution in [0.1, 0.15) is 35.2 Å². The molecule has 0 unspecified atom stereocenters. The highest BCUT2D eigenvalue weighted by atomic mass is 35.5. The average molecular weight is 423 g/mol. The summed E-state index contributed by atoms with van der Waals surface area (Å²) in [6.45, 7) is 2.80. The average Bonchev–Trinajstić information content (AvgIpc) is 2.69. The Labute approximate surface area is 170 Å². The molecule has 0 atom stereocenters. The van der Waals surface area contributed by atoms with Gasteiger partial charge in [-0.05, 0) is 55.7 Å². The summed E-state index contributed by atoms with van der Waals surface area (Å²) < 4.78 is 32.4. The predicted molar refractivity (Wildman–Crippen MR) is 110 cm³/mol. The fourth-order valence-electron chi connectivity index (χ4n) is 3.20. The van der Waals surface area contributed by atoms with E-state index in [9.17, 15) is 13.2 Å². The van der Waals surface area contributed by atoms with Gasteiger partial charge in [0.1, 0.15) is 5.75 Å². The summed E-state index contributed by atoms with van der Waals surface area (Å²) >= 11 is 6.10. The third-order valence-electron chi connectivity index (χ3n) is 4.82. The van der Waals surface area contributed by atoms with Crippen molar-refractivity contribution in [2.45, 2.75) is 31.1 Å². The van der Waals surface area contributed by atoms with E-state index in [0.29, 0.717) is 40.7 Å². The number of methoxy groups -OCH3 is 1. The van der Waals surface area contributed by atoms with Crippen LogP contribution in [0.2, 0.25) is 5.02 Å². The first-order chi connectivity index (χ1) is 13.3. The molecule has 28 heavy (non-hydrogen) atoms. The Hall–Kier alpha value is -2.09. The minimum atomic E-state index is -3.61. The van der Waals surface area contributed by atoms with Crippen molar-refractivity contribution >= 4 is 33.2 Å². The summed E-state index contributed by atoms with van der Waals surface area (Å²) in [5.74, 6) is 0.111. The van der Waals surface area contributed by atoms with Gasteiger partial charge >= 0.3 is 0 Å². The fourth-order valence-corrected chi connectivity index (χ4v) is 5.00. The molecule has 6 nitrogen and oxygen atoms in total. The van der Waals surface area contributed by atoms with Gasteiger partial charge in [0.25, 0.3) is 5.91 Å². The third kappa shape index (κ3) is 4.32. The molecule has 0 aromatic heterocycles. The van der Waals surface area contributed by atoms with Crippen LogP contribution in [0.4, 0.5) is 5.69 Å². The van der Waals surface area contributed by atoms with E-state index in [2.05, 4.69) is 5.32 Å². The van der Waals surface area contributed by atoms with Gasteiger partial charge in [0.15, 0.2) is 0 Å². The lowest BCUT2D eigenvalue weighted by Crippen LogP contribution is -2.35. The number of anilines is 1. The number of piperidine rings is 1. The highest BCUT2D eigenvalue weighted by Crippen LogP contribution is 2.28. The number of carbonyl (C=O) groups is 1. The number of carbonyl (C=O) groups excluding carboxylic acids is 1. The van der Waals surface area contributed by atoms with Crippen LogP contribution >= 0.6 is 11.6 Å². The molecule has 1 N–H and O–H groups in total.